The summed E-state index contributed by atoms with van der Waals surface area (Å²) in [6.45, 7) is 4.09. The van der Waals surface area contributed by atoms with Crippen molar-refractivity contribution in [2.24, 2.45) is 5.92 Å². The SMILES string of the molecule is CCc1nc([C@H](C)NC(=O)C2CC2)cs1. The van der Waals surface area contributed by atoms with Crippen molar-refractivity contribution in [2.75, 3.05) is 0 Å². The van der Waals surface area contributed by atoms with Gasteiger partial charge in [-0.2, -0.15) is 0 Å². The van der Waals surface area contributed by atoms with E-state index in [1.54, 1.807) is 11.3 Å². The monoisotopic (exact) mass is 224 g/mol. The summed E-state index contributed by atoms with van der Waals surface area (Å²) in [4.78, 5) is 16.0. The van der Waals surface area contributed by atoms with Gasteiger partial charge in [0, 0.05) is 11.3 Å². The van der Waals surface area contributed by atoms with Gasteiger partial charge in [-0.25, -0.2) is 4.98 Å². The Morgan fingerprint density at radius 2 is 2.47 bits per heavy atom. The lowest BCUT2D eigenvalue weighted by Gasteiger charge is -2.10. The molecule has 0 spiro atoms. The molecule has 15 heavy (non-hydrogen) atoms. The van der Waals surface area contributed by atoms with E-state index in [0.29, 0.717) is 0 Å². The fourth-order valence-electron chi connectivity index (χ4n) is 1.44. The van der Waals surface area contributed by atoms with E-state index in [4.69, 9.17) is 0 Å². The Morgan fingerprint density at radius 3 is 3.00 bits per heavy atom. The number of carbonyl (C=O) groups is 1. The van der Waals surface area contributed by atoms with Crippen molar-refractivity contribution in [1.82, 2.24) is 10.3 Å². The molecule has 1 fully saturated rings. The molecule has 1 N–H and O–H groups in total. The van der Waals surface area contributed by atoms with Gasteiger partial charge in [0.25, 0.3) is 0 Å². The van der Waals surface area contributed by atoms with Gasteiger partial charge in [-0.3, -0.25) is 4.79 Å². The number of nitrogens with zero attached hydrogens (tertiary/aromatic N) is 1. The highest BCUT2D eigenvalue weighted by atomic mass is 32.1. The highest BCUT2D eigenvalue weighted by molar-refractivity contribution is 7.09. The Kier molecular flexibility index (Phi) is 3.05. The average molecular weight is 224 g/mol. The zero-order valence-electron chi connectivity index (χ0n) is 9.12. The normalized spacial score (nSPS) is 17.5. The molecular weight excluding hydrogens is 208 g/mol. The summed E-state index contributed by atoms with van der Waals surface area (Å²) in [5, 5.41) is 6.18. The van der Waals surface area contributed by atoms with E-state index < -0.39 is 0 Å². The number of aryl methyl sites for hydroxylation is 1. The topological polar surface area (TPSA) is 42.0 Å². The Balaban J connectivity index is 1.94. The number of thiazole rings is 1. The first-order valence-corrected chi connectivity index (χ1v) is 6.33. The van der Waals surface area contributed by atoms with Crippen molar-refractivity contribution in [3.8, 4) is 0 Å². The molecule has 4 heteroatoms. The van der Waals surface area contributed by atoms with Crippen LogP contribution in [-0.4, -0.2) is 10.9 Å². The molecule has 3 nitrogen and oxygen atoms in total. The maximum absolute atomic E-state index is 11.5. The van der Waals surface area contributed by atoms with Crippen LogP contribution in [0.15, 0.2) is 5.38 Å². The lowest BCUT2D eigenvalue weighted by atomic mass is 10.2. The van der Waals surface area contributed by atoms with E-state index in [1.165, 1.54) is 0 Å². The molecule has 0 saturated heterocycles. The second-order valence-electron chi connectivity index (χ2n) is 4.02. The van der Waals surface area contributed by atoms with Gasteiger partial charge in [-0.15, -0.1) is 11.3 Å². The van der Waals surface area contributed by atoms with Gasteiger partial charge in [0.15, 0.2) is 0 Å². The van der Waals surface area contributed by atoms with E-state index in [0.717, 1.165) is 30.0 Å². The van der Waals surface area contributed by atoms with E-state index in [-0.39, 0.29) is 17.9 Å². The predicted octanol–water partition coefficient (Wildman–Crippen LogP) is 2.29. The zero-order valence-corrected chi connectivity index (χ0v) is 9.93. The third-order valence-electron chi connectivity index (χ3n) is 2.62. The van der Waals surface area contributed by atoms with Crippen LogP contribution in [-0.2, 0) is 11.2 Å². The number of carbonyl (C=O) groups excluding carboxylic acids is 1. The number of rotatable bonds is 4. The molecule has 0 unspecified atom stereocenters. The molecule has 2 rings (SSSR count). The molecule has 1 saturated carbocycles. The van der Waals surface area contributed by atoms with Crippen LogP contribution in [0.4, 0.5) is 0 Å². The minimum Gasteiger partial charge on any atom is -0.348 e. The molecule has 82 valence electrons. The Labute approximate surface area is 93.9 Å². The highest BCUT2D eigenvalue weighted by Crippen LogP contribution is 2.29. The van der Waals surface area contributed by atoms with E-state index in [1.807, 2.05) is 12.3 Å². The quantitative estimate of drug-likeness (QED) is 0.852. The number of hydrogen-bond donors (Lipinski definition) is 1. The van der Waals surface area contributed by atoms with Gasteiger partial charge in [0.1, 0.15) is 0 Å². The largest absolute Gasteiger partial charge is 0.348 e. The molecule has 1 amide bonds. The van der Waals surface area contributed by atoms with Crippen LogP contribution in [0, 0.1) is 5.92 Å². The van der Waals surface area contributed by atoms with Gasteiger partial charge >= 0.3 is 0 Å². The van der Waals surface area contributed by atoms with Crippen molar-refractivity contribution < 1.29 is 4.79 Å². The molecule has 0 aromatic carbocycles. The second kappa shape index (κ2) is 4.31. The maximum atomic E-state index is 11.5. The second-order valence-corrected chi connectivity index (χ2v) is 4.97. The molecule has 1 aliphatic carbocycles. The smallest absolute Gasteiger partial charge is 0.223 e. The lowest BCUT2D eigenvalue weighted by molar-refractivity contribution is -0.122. The molecule has 1 aliphatic rings. The van der Waals surface area contributed by atoms with Crippen molar-refractivity contribution in [3.63, 3.8) is 0 Å². The Bertz CT molecular complexity index is 357. The van der Waals surface area contributed by atoms with Gasteiger partial charge < -0.3 is 5.32 Å². The van der Waals surface area contributed by atoms with Gasteiger partial charge in [0.2, 0.25) is 5.91 Å². The summed E-state index contributed by atoms with van der Waals surface area (Å²) in [5.41, 5.74) is 0.992. The van der Waals surface area contributed by atoms with Crippen LogP contribution in [0.2, 0.25) is 0 Å². The summed E-state index contributed by atoms with van der Waals surface area (Å²) < 4.78 is 0. The minimum atomic E-state index is 0.0506. The van der Waals surface area contributed by atoms with Crippen LogP contribution in [0.3, 0.4) is 0 Å². The number of aromatic nitrogens is 1. The molecule has 0 radical (unpaired) electrons. The first-order chi connectivity index (χ1) is 7.20. The van der Waals surface area contributed by atoms with Crippen LogP contribution in [0.1, 0.15) is 43.4 Å². The Morgan fingerprint density at radius 1 is 1.73 bits per heavy atom. The standard InChI is InChI=1S/C11H16N2OS/c1-3-10-13-9(6-15-10)7(2)12-11(14)8-4-5-8/h6-8H,3-5H2,1-2H3,(H,12,14)/t7-/m0/s1. The summed E-state index contributed by atoms with van der Waals surface area (Å²) in [6, 6.07) is 0.0506. The predicted molar refractivity (Wildman–Crippen MR) is 60.8 cm³/mol. The maximum Gasteiger partial charge on any atom is 0.223 e. The van der Waals surface area contributed by atoms with Crippen molar-refractivity contribution in [3.05, 3.63) is 16.1 Å². The fourth-order valence-corrected chi connectivity index (χ4v) is 2.28. The fraction of sp³-hybridized carbons (Fsp3) is 0.636. The lowest BCUT2D eigenvalue weighted by Crippen LogP contribution is -2.28. The molecule has 1 atom stereocenters. The van der Waals surface area contributed by atoms with E-state index >= 15 is 0 Å². The van der Waals surface area contributed by atoms with Crippen molar-refractivity contribution in [2.45, 2.75) is 39.2 Å². The average Bonchev–Trinajstić information content (AvgIpc) is 2.96. The zero-order chi connectivity index (χ0) is 10.8. The van der Waals surface area contributed by atoms with Gasteiger partial charge in [0.05, 0.1) is 16.7 Å². The van der Waals surface area contributed by atoms with Crippen molar-refractivity contribution in [1.29, 1.82) is 0 Å². The summed E-state index contributed by atoms with van der Waals surface area (Å²) in [5.74, 6) is 0.463. The number of hydrogen-bond acceptors (Lipinski definition) is 3. The van der Waals surface area contributed by atoms with E-state index in [2.05, 4.69) is 17.2 Å². The minimum absolute atomic E-state index is 0.0506. The first-order valence-electron chi connectivity index (χ1n) is 5.45. The number of nitrogens with one attached hydrogen (secondary N) is 1. The highest BCUT2D eigenvalue weighted by Gasteiger charge is 2.30. The van der Waals surface area contributed by atoms with Crippen LogP contribution in [0.5, 0.6) is 0 Å². The first kappa shape index (κ1) is 10.6. The van der Waals surface area contributed by atoms with E-state index in [9.17, 15) is 4.79 Å². The summed E-state index contributed by atoms with van der Waals surface area (Å²) in [6.07, 6.45) is 3.07. The van der Waals surface area contributed by atoms with Crippen LogP contribution >= 0.6 is 11.3 Å². The number of amides is 1. The van der Waals surface area contributed by atoms with Gasteiger partial charge in [-0.05, 0) is 26.2 Å². The van der Waals surface area contributed by atoms with Crippen LogP contribution < -0.4 is 5.32 Å². The Hall–Kier alpha value is -0.900. The molecule has 1 heterocycles. The molecule has 1 aromatic rings. The van der Waals surface area contributed by atoms with Crippen molar-refractivity contribution >= 4 is 17.2 Å². The van der Waals surface area contributed by atoms with Gasteiger partial charge in [-0.1, -0.05) is 6.92 Å². The molecule has 1 aromatic heterocycles. The van der Waals surface area contributed by atoms with Crippen LogP contribution in [0.25, 0.3) is 0 Å². The molecular formula is C11H16N2OS. The summed E-state index contributed by atoms with van der Waals surface area (Å²) >= 11 is 1.67. The summed E-state index contributed by atoms with van der Waals surface area (Å²) in [7, 11) is 0. The third kappa shape index (κ3) is 2.56. The molecule has 0 aliphatic heterocycles. The molecule has 0 bridgehead atoms. The third-order valence-corrected chi connectivity index (χ3v) is 3.63.